The normalized spacial score (nSPS) is 17.5. The van der Waals surface area contributed by atoms with E-state index in [-0.39, 0.29) is 5.41 Å². The van der Waals surface area contributed by atoms with Crippen molar-refractivity contribution in [3.05, 3.63) is 77.4 Å². The quantitative estimate of drug-likeness (QED) is 0.751. The molecule has 4 rings (SSSR count). The molecule has 0 amide bonds. The summed E-state index contributed by atoms with van der Waals surface area (Å²) >= 11 is 0. The Balaban J connectivity index is 1.74. The molecule has 2 aromatic rings. The van der Waals surface area contributed by atoms with Crippen LogP contribution in [0.1, 0.15) is 48.9 Å². The predicted octanol–water partition coefficient (Wildman–Crippen LogP) is 5.06. The largest absolute Gasteiger partial charge is 0.507 e. The number of nitrogens with one attached hydrogen (secondary N) is 1. The summed E-state index contributed by atoms with van der Waals surface area (Å²) in [5.74, 6) is 0.383. The molecule has 1 fully saturated rings. The zero-order chi connectivity index (χ0) is 20.4. The Hall–Kier alpha value is -2.52. The van der Waals surface area contributed by atoms with Gasteiger partial charge in [0.15, 0.2) is 0 Å². The number of phenols is 1. The van der Waals surface area contributed by atoms with Gasteiger partial charge in [-0.15, -0.1) is 0 Å². The van der Waals surface area contributed by atoms with Gasteiger partial charge in [-0.2, -0.15) is 0 Å². The molecule has 1 aliphatic carbocycles. The molecule has 3 nitrogen and oxygen atoms in total. The van der Waals surface area contributed by atoms with Crippen molar-refractivity contribution in [3.8, 4) is 5.75 Å². The summed E-state index contributed by atoms with van der Waals surface area (Å²) in [6, 6.07) is 14.7. The number of benzene rings is 2. The minimum absolute atomic E-state index is 0.185. The molecule has 0 unspecified atom stereocenters. The predicted molar refractivity (Wildman–Crippen MR) is 122 cm³/mol. The third-order valence-corrected chi connectivity index (χ3v) is 6.66. The Bertz CT molecular complexity index is 916. The number of hydrogen-bond acceptors (Lipinski definition) is 3. The van der Waals surface area contributed by atoms with Crippen molar-refractivity contribution in [2.75, 3.05) is 26.2 Å². The van der Waals surface area contributed by atoms with Gasteiger partial charge in [-0.25, -0.2) is 0 Å². The van der Waals surface area contributed by atoms with E-state index in [1.54, 1.807) is 0 Å². The molecule has 0 bridgehead atoms. The maximum Gasteiger partial charge on any atom is 0.123 e. The van der Waals surface area contributed by atoms with E-state index in [4.69, 9.17) is 0 Å². The smallest absolute Gasteiger partial charge is 0.123 e. The first-order valence-corrected chi connectivity index (χ1v) is 10.9. The summed E-state index contributed by atoms with van der Waals surface area (Å²) in [6.45, 7) is 12.6. The van der Waals surface area contributed by atoms with Gasteiger partial charge < -0.3 is 15.3 Å². The highest BCUT2D eigenvalue weighted by molar-refractivity contribution is 5.86. The highest BCUT2D eigenvalue weighted by Gasteiger charge is 2.36. The van der Waals surface area contributed by atoms with Crippen LogP contribution in [0.5, 0.6) is 5.75 Å². The lowest BCUT2D eigenvalue weighted by Gasteiger charge is -2.40. The van der Waals surface area contributed by atoms with Crippen LogP contribution in [0.15, 0.2) is 55.1 Å². The second-order valence-electron chi connectivity index (χ2n) is 8.35. The van der Waals surface area contributed by atoms with E-state index in [2.05, 4.69) is 67.1 Å². The molecule has 2 aliphatic rings. The van der Waals surface area contributed by atoms with Crippen LogP contribution in [0.4, 0.5) is 0 Å². The Labute approximate surface area is 174 Å². The third-order valence-electron chi connectivity index (χ3n) is 6.66. The van der Waals surface area contributed by atoms with Gasteiger partial charge >= 0.3 is 0 Å². The second kappa shape index (κ2) is 8.08. The highest BCUT2D eigenvalue weighted by Crippen LogP contribution is 2.47. The van der Waals surface area contributed by atoms with Gasteiger partial charge in [0.2, 0.25) is 0 Å². The van der Waals surface area contributed by atoms with Crippen molar-refractivity contribution >= 4 is 11.3 Å². The fourth-order valence-electron chi connectivity index (χ4n) is 4.96. The molecule has 0 saturated carbocycles. The SMILES string of the molecule is C=C(c1ccc(C2=CC3(CCNCC3)Cc3cccc(O)c32)cc1)N(CC)CC. The molecule has 1 heterocycles. The molecular weight excluding hydrogens is 356 g/mol. The molecule has 1 spiro atoms. The number of phenolic OH excluding ortho intramolecular Hbond substituents is 1. The summed E-state index contributed by atoms with van der Waals surface area (Å²) in [7, 11) is 0. The number of piperidine rings is 1. The standard InChI is InChI=1S/C26H32N2O/c1-4-28(5-2)19(3)20-9-11-21(12-10-20)23-18-26(13-15-27-16-14-26)17-22-7-6-8-24(29)25(22)23/h6-12,18,27,29H,3-5,13-17H2,1-2H3. The second-order valence-corrected chi connectivity index (χ2v) is 8.35. The lowest BCUT2D eigenvalue weighted by molar-refractivity contribution is 0.267. The van der Waals surface area contributed by atoms with Crippen molar-refractivity contribution in [3.63, 3.8) is 0 Å². The van der Waals surface area contributed by atoms with E-state index < -0.39 is 0 Å². The van der Waals surface area contributed by atoms with Crippen LogP contribution in [-0.4, -0.2) is 36.2 Å². The molecule has 0 atom stereocenters. The minimum Gasteiger partial charge on any atom is -0.507 e. The average Bonchev–Trinajstić information content (AvgIpc) is 2.74. The molecule has 152 valence electrons. The Morgan fingerprint density at radius 1 is 1.07 bits per heavy atom. The van der Waals surface area contributed by atoms with Crippen molar-refractivity contribution in [2.45, 2.75) is 33.1 Å². The van der Waals surface area contributed by atoms with Crippen LogP contribution < -0.4 is 5.32 Å². The lowest BCUT2D eigenvalue weighted by Crippen LogP contribution is -2.38. The molecule has 0 aromatic heterocycles. The van der Waals surface area contributed by atoms with Gasteiger partial charge in [0.1, 0.15) is 5.75 Å². The maximum atomic E-state index is 10.7. The van der Waals surface area contributed by atoms with E-state index in [0.29, 0.717) is 5.75 Å². The van der Waals surface area contributed by atoms with Crippen molar-refractivity contribution < 1.29 is 5.11 Å². The molecule has 1 saturated heterocycles. The number of nitrogens with zero attached hydrogens (tertiary/aromatic N) is 1. The molecule has 29 heavy (non-hydrogen) atoms. The van der Waals surface area contributed by atoms with E-state index in [9.17, 15) is 5.11 Å². The number of rotatable bonds is 5. The van der Waals surface area contributed by atoms with E-state index in [1.807, 2.05) is 12.1 Å². The fourth-order valence-corrected chi connectivity index (χ4v) is 4.96. The topological polar surface area (TPSA) is 35.5 Å². The number of aromatic hydroxyl groups is 1. The summed E-state index contributed by atoms with van der Waals surface area (Å²) < 4.78 is 0. The molecule has 0 radical (unpaired) electrons. The lowest BCUT2D eigenvalue weighted by atomic mass is 9.67. The van der Waals surface area contributed by atoms with Crippen LogP contribution in [0.2, 0.25) is 0 Å². The van der Waals surface area contributed by atoms with Gasteiger partial charge in [-0.1, -0.05) is 49.1 Å². The van der Waals surface area contributed by atoms with Gasteiger partial charge in [-0.3, -0.25) is 0 Å². The van der Waals surface area contributed by atoms with Crippen molar-refractivity contribution in [1.29, 1.82) is 0 Å². The van der Waals surface area contributed by atoms with Gasteiger partial charge in [-0.05, 0) is 79.9 Å². The van der Waals surface area contributed by atoms with E-state index >= 15 is 0 Å². The zero-order valence-electron chi connectivity index (χ0n) is 17.7. The van der Waals surface area contributed by atoms with Gasteiger partial charge in [0.25, 0.3) is 0 Å². The molecule has 2 N–H and O–H groups in total. The minimum atomic E-state index is 0.185. The first kappa shape index (κ1) is 19.8. The summed E-state index contributed by atoms with van der Waals surface area (Å²) in [5.41, 5.74) is 7.02. The van der Waals surface area contributed by atoms with Gasteiger partial charge in [0, 0.05) is 24.4 Å². The summed E-state index contributed by atoms with van der Waals surface area (Å²) in [4.78, 5) is 2.28. The molecule has 3 heteroatoms. The van der Waals surface area contributed by atoms with E-state index in [1.165, 1.54) is 16.7 Å². The van der Waals surface area contributed by atoms with E-state index in [0.717, 1.165) is 62.3 Å². The summed E-state index contributed by atoms with van der Waals surface area (Å²) in [6.07, 6.45) is 5.74. The third kappa shape index (κ3) is 3.72. The monoisotopic (exact) mass is 388 g/mol. The molecule has 1 aliphatic heterocycles. The van der Waals surface area contributed by atoms with Crippen LogP contribution in [0.25, 0.3) is 11.3 Å². The van der Waals surface area contributed by atoms with Gasteiger partial charge in [0.05, 0.1) is 0 Å². The van der Waals surface area contributed by atoms with Crippen LogP contribution in [-0.2, 0) is 6.42 Å². The Morgan fingerprint density at radius 2 is 1.76 bits per heavy atom. The average molecular weight is 389 g/mol. The first-order valence-electron chi connectivity index (χ1n) is 10.9. The van der Waals surface area contributed by atoms with Crippen molar-refractivity contribution in [1.82, 2.24) is 10.2 Å². The molecular formula is C26H32N2O. The number of fused-ring (bicyclic) bond motifs is 1. The van der Waals surface area contributed by atoms with Crippen LogP contribution >= 0.6 is 0 Å². The number of allylic oxidation sites excluding steroid dienone is 1. The molecule has 2 aromatic carbocycles. The van der Waals surface area contributed by atoms with Crippen molar-refractivity contribution in [2.24, 2.45) is 5.41 Å². The van der Waals surface area contributed by atoms with Crippen LogP contribution in [0.3, 0.4) is 0 Å². The Morgan fingerprint density at radius 3 is 2.41 bits per heavy atom. The summed E-state index contributed by atoms with van der Waals surface area (Å²) in [5, 5.41) is 14.2. The first-order chi connectivity index (χ1) is 14.1. The number of hydrogen-bond donors (Lipinski definition) is 2. The fraction of sp³-hybridized carbons (Fsp3) is 0.385. The zero-order valence-corrected chi connectivity index (χ0v) is 17.7. The maximum absolute atomic E-state index is 10.7. The highest BCUT2D eigenvalue weighted by atomic mass is 16.3. The Kier molecular flexibility index (Phi) is 5.51. The van der Waals surface area contributed by atoms with Crippen LogP contribution in [0, 0.1) is 5.41 Å².